The molecule has 1 aliphatic heterocycles. The SMILES string of the molecule is Cc1ccc(CCC(=O)NCC(=O)N2CCNC[C@@H]2C)cc1. The first-order valence-electron chi connectivity index (χ1n) is 7.88. The number of hydrogen-bond donors (Lipinski definition) is 2. The van der Waals surface area contributed by atoms with Crippen molar-refractivity contribution in [2.45, 2.75) is 32.7 Å². The fourth-order valence-corrected chi connectivity index (χ4v) is 2.59. The predicted molar refractivity (Wildman–Crippen MR) is 86.6 cm³/mol. The van der Waals surface area contributed by atoms with Gasteiger partial charge in [-0.1, -0.05) is 29.8 Å². The lowest BCUT2D eigenvalue weighted by Crippen LogP contribution is -2.54. The number of aryl methyl sites for hydroxylation is 2. The summed E-state index contributed by atoms with van der Waals surface area (Å²) >= 11 is 0. The molecule has 1 fully saturated rings. The van der Waals surface area contributed by atoms with Crippen LogP contribution >= 0.6 is 0 Å². The summed E-state index contributed by atoms with van der Waals surface area (Å²) in [5.41, 5.74) is 2.35. The zero-order valence-electron chi connectivity index (χ0n) is 13.4. The van der Waals surface area contributed by atoms with Gasteiger partial charge in [-0.15, -0.1) is 0 Å². The number of piperazine rings is 1. The Kier molecular flexibility index (Phi) is 5.95. The van der Waals surface area contributed by atoms with Gasteiger partial charge in [0.25, 0.3) is 0 Å². The summed E-state index contributed by atoms with van der Waals surface area (Å²) in [5, 5.41) is 5.98. The zero-order chi connectivity index (χ0) is 15.9. The van der Waals surface area contributed by atoms with Crippen LogP contribution in [0.5, 0.6) is 0 Å². The Balaban J connectivity index is 1.70. The first-order valence-corrected chi connectivity index (χ1v) is 7.88. The maximum absolute atomic E-state index is 12.1. The Labute approximate surface area is 132 Å². The minimum absolute atomic E-state index is 0.00214. The molecule has 0 aromatic heterocycles. The van der Waals surface area contributed by atoms with Crippen molar-refractivity contribution in [3.8, 4) is 0 Å². The topological polar surface area (TPSA) is 61.4 Å². The number of amides is 2. The van der Waals surface area contributed by atoms with Gasteiger partial charge in [-0.2, -0.15) is 0 Å². The van der Waals surface area contributed by atoms with E-state index in [2.05, 4.69) is 10.6 Å². The highest BCUT2D eigenvalue weighted by molar-refractivity contribution is 5.85. The van der Waals surface area contributed by atoms with Crippen molar-refractivity contribution < 1.29 is 9.59 Å². The van der Waals surface area contributed by atoms with Crippen LogP contribution in [0.4, 0.5) is 0 Å². The maximum atomic E-state index is 12.1. The third-order valence-electron chi connectivity index (χ3n) is 4.02. The van der Waals surface area contributed by atoms with Crippen molar-refractivity contribution in [3.05, 3.63) is 35.4 Å². The molecule has 0 aliphatic carbocycles. The molecule has 5 nitrogen and oxygen atoms in total. The summed E-state index contributed by atoms with van der Waals surface area (Å²) in [6.07, 6.45) is 1.11. The van der Waals surface area contributed by atoms with Crippen LogP contribution in [0, 0.1) is 6.92 Å². The maximum Gasteiger partial charge on any atom is 0.242 e. The first kappa shape index (κ1) is 16.5. The molecule has 0 unspecified atom stereocenters. The molecule has 0 bridgehead atoms. The smallest absolute Gasteiger partial charge is 0.242 e. The highest BCUT2D eigenvalue weighted by atomic mass is 16.2. The molecule has 0 radical (unpaired) electrons. The zero-order valence-corrected chi connectivity index (χ0v) is 13.4. The first-order chi connectivity index (χ1) is 10.6. The fraction of sp³-hybridized carbons (Fsp3) is 0.529. The van der Waals surface area contributed by atoms with Crippen LogP contribution in [-0.4, -0.2) is 48.9 Å². The minimum Gasteiger partial charge on any atom is -0.347 e. The number of carbonyl (C=O) groups is 2. The predicted octanol–water partition coefficient (Wildman–Crippen LogP) is 0.864. The summed E-state index contributed by atoms with van der Waals surface area (Å²) in [4.78, 5) is 25.8. The molecule has 2 rings (SSSR count). The Hall–Kier alpha value is -1.88. The Morgan fingerprint density at radius 3 is 2.73 bits per heavy atom. The molecule has 1 heterocycles. The lowest BCUT2D eigenvalue weighted by molar-refractivity contribution is -0.135. The third kappa shape index (κ3) is 4.84. The van der Waals surface area contributed by atoms with E-state index in [1.54, 1.807) is 0 Å². The second-order valence-corrected chi connectivity index (χ2v) is 5.90. The largest absolute Gasteiger partial charge is 0.347 e. The number of rotatable bonds is 5. The van der Waals surface area contributed by atoms with E-state index in [0.29, 0.717) is 19.4 Å². The van der Waals surface area contributed by atoms with E-state index in [1.165, 1.54) is 5.56 Å². The minimum atomic E-state index is -0.0725. The quantitative estimate of drug-likeness (QED) is 0.848. The number of hydrogen-bond acceptors (Lipinski definition) is 3. The van der Waals surface area contributed by atoms with Gasteiger partial charge >= 0.3 is 0 Å². The van der Waals surface area contributed by atoms with Gasteiger partial charge in [0.1, 0.15) is 0 Å². The van der Waals surface area contributed by atoms with Crippen LogP contribution in [0.3, 0.4) is 0 Å². The van der Waals surface area contributed by atoms with Crippen LogP contribution in [0.25, 0.3) is 0 Å². The second kappa shape index (κ2) is 7.94. The monoisotopic (exact) mass is 303 g/mol. The second-order valence-electron chi connectivity index (χ2n) is 5.90. The number of nitrogens with zero attached hydrogens (tertiary/aromatic N) is 1. The summed E-state index contributed by atoms with van der Waals surface area (Å²) in [6.45, 7) is 6.49. The summed E-state index contributed by atoms with van der Waals surface area (Å²) in [5.74, 6) is -0.0746. The van der Waals surface area contributed by atoms with E-state index >= 15 is 0 Å². The van der Waals surface area contributed by atoms with Crippen molar-refractivity contribution in [2.75, 3.05) is 26.2 Å². The average molecular weight is 303 g/mol. The molecule has 1 saturated heterocycles. The van der Waals surface area contributed by atoms with Gasteiger partial charge in [0, 0.05) is 32.1 Å². The van der Waals surface area contributed by atoms with Crippen LogP contribution in [0.2, 0.25) is 0 Å². The van der Waals surface area contributed by atoms with Crippen molar-refractivity contribution in [1.29, 1.82) is 0 Å². The number of benzene rings is 1. The molecule has 1 aliphatic rings. The van der Waals surface area contributed by atoms with Gasteiger partial charge in [-0.05, 0) is 25.8 Å². The van der Waals surface area contributed by atoms with Crippen LogP contribution in [-0.2, 0) is 16.0 Å². The summed E-state index contributed by atoms with van der Waals surface area (Å²) in [7, 11) is 0. The molecular formula is C17H25N3O2. The van der Waals surface area contributed by atoms with Crippen molar-refractivity contribution >= 4 is 11.8 Å². The Bertz CT molecular complexity index is 513. The van der Waals surface area contributed by atoms with Gasteiger partial charge in [0.2, 0.25) is 11.8 Å². The Morgan fingerprint density at radius 2 is 2.05 bits per heavy atom. The highest BCUT2D eigenvalue weighted by Gasteiger charge is 2.22. The van der Waals surface area contributed by atoms with E-state index in [-0.39, 0.29) is 24.4 Å². The van der Waals surface area contributed by atoms with Gasteiger partial charge in [-0.3, -0.25) is 9.59 Å². The summed E-state index contributed by atoms with van der Waals surface area (Å²) < 4.78 is 0. The van der Waals surface area contributed by atoms with Crippen molar-refractivity contribution in [1.82, 2.24) is 15.5 Å². The van der Waals surface area contributed by atoms with Crippen LogP contribution in [0.1, 0.15) is 24.5 Å². The van der Waals surface area contributed by atoms with E-state index in [1.807, 2.05) is 43.0 Å². The Morgan fingerprint density at radius 1 is 1.32 bits per heavy atom. The van der Waals surface area contributed by atoms with Crippen molar-refractivity contribution in [2.24, 2.45) is 0 Å². The van der Waals surface area contributed by atoms with Crippen LogP contribution < -0.4 is 10.6 Å². The molecule has 5 heteroatoms. The molecule has 1 aromatic carbocycles. The summed E-state index contributed by atoms with van der Waals surface area (Å²) in [6, 6.07) is 8.35. The van der Waals surface area contributed by atoms with Gasteiger partial charge < -0.3 is 15.5 Å². The number of carbonyl (C=O) groups excluding carboxylic acids is 2. The molecule has 1 aromatic rings. The van der Waals surface area contributed by atoms with Gasteiger partial charge in [-0.25, -0.2) is 0 Å². The molecule has 1 atom stereocenters. The van der Waals surface area contributed by atoms with E-state index in [9.17, 15) is 9.59 Å². The van der Waals surface area contributed by atoms with E-state index in [0.717, 1.165) is 18.7 Å². The van der Waals surface area contributed by atoms with E-state index in [4.69, 9.17) is 0 Å². The molecule has 2 amide bonds. The third-order valence-corrected chi connectivity index (χ3v) is 4.02. The number of nitrogens with one attached hydrogen (secondary N) is 2. The molecule has 0 spiro atoms. The van der Waals surface area contributed by atoms with Gasteiger partial charge in [0.05, 0.1) is 6.54 Å². The molecular weight excluding hydrogens is 278 g/mol. The van der Waals surface area contributed by atoms with Gasteiger partial charge in [0.15, 0.2) is 0 Å². The van der Waals surface area contributed by atoms with E-state index < -0.39 is 0 Å². The standard InChI is InChI=1S/C17H25N3O2/c1-13-3-5-15(6-4-13)7-8-16(21)19-12-17(22)20-10-9-18-11-14(20)2/h3-6,14,18H,7-12H2,1-2H3,(H,19,21)/t14-/m0/s1. The van der Waals surface area contributed by atoms with Crippen molar-refractivity contribution in [3.63, 3.8) is 0 Å². The lowest BCUT2D eigenvalue weighted by Gasteiger charge is -2.34. The highest BCUT2D eigenvalue weighted by Crippen LogP contribution is 2.06. The molecule has 120 valence electrons. The molecule has 2 N–H and O–H groups in total. The fourth-order valence-electron chi connectivity index (χ4n) is 2.59. The lowest BCUT2D eigenvalue weighted by atomic mass is 10.1. The normalized spacial score (nSPS) is 18.1. The van der Waals surface area contributed by atoms with Crippen LogP contribution in [0.15, 0.2) is 24.3 Å². The average Bonchev–Trinajstić information content (AvgIpc) is 2.52. The molecule has 0 saturated carbocycles. The molecule has 22 heavy (non-hydrogen) atoms.